The summed E-state index contributed by atoms with van der Waals surface area (Å²) in [6, 6.07) is 0. The van der Waals surface area contributed by atoms with Crippen LogP contribution in [0.2, 0.25) is 0 Å². The molecule has 3 rings (SSSR count). The van der Waals surface area contributed by atoms with Crippen molar-refractivity contribution in [1.29, 1.82) is 0 Å². The average molecular weight is 288 g/mol. The number of nitrogens with two attached hydrogens (primary N) is 1. The van der Waals surface area contributed by atoms with E-state index < -0.39 is 0 Å². The highest BCUT2D eigenvalue weighted by atomic mass is 15.3. The largest absolute Gasteiger partial charge is 0.353 e. The number of aromatic nitrogens is 3. The van der Waals surface area contributed by atoms with Crippen molar-refractivity contribution >= 4 is 17.3 Å². The van der Waals surface area contributed by atoms with Gasteiger partial charge >= 0.3 is 0 Å². The van der Waals surface area contributed by atoms with Crippen LogP contribution in [-0.4, -0.2) is 27.5 Å². The highest BCUT2D eigenvalue weighted by Crippen LogP contribution is 2.28. The average Bonchev–Trinajstić information content (AvgIpc) is 2.81. The van der Waals surface area contributed by atoms with Gasteiger partial charge in [-0.25, -0.2) is 15.8 Å². The molecule has 1 aliphatic heterocycles. The van der Waals surface area contributed by atoms with E-state index in [4.69, 9.17) is 5.84 Å². The third-order valence-corrected chi connectivity index (χ3v) is 4.52. The van der Waals surface area contributed by atoms with E-state index >= 15 is 0 Å². The van der Waals surface area contributed by atoms with Crippen LogP contribution in [0.25, 0.3) is 5.65 Å². The fourth-order valence-electron chi connectivity index (χ4n) is 3.20. The highest BCUT2D eigenvalue weighted by Gasteiger charge is 2.22. The van der Waals surface area contributed by atoms with Crippen molar-refractivity contribution in [2.24, 2.45) is 17.7 Å². The van der Waals surface area contributed by atoms with Gasteiger partial charge in [0, 0.05) is 25.5 Å². The maximum Gasteiger partial charge on any atom is 0.180 e. The highest BCUT2D eigenvalue weighted by molar-refractivity contribution is 5.66. The molecule has 1 aliphatic rings. The lowest BCUT2D eigenvalue weighted by Crippen LogP contribution is -2.27. The predicted octanol–water partition coefficient (Wildman–Crippen LogP) is 2.28. The quantitative estimate of drug-likeness (QED) is 0.669. The zero-order valence-electron chi connectivity index (χ0n) is 12.8. The lowest BCUT2D eigenvalue weighted by molar-refractivity contribution is 0.351. The molecule has 3 heterocycles. The van der Waals surface area contributed by atoms with Gasteiger partial charge < -0.3 is 14.7 Å². The molecule has 1 unspecified atom stereocenters. The van der Waals surface area contributed by atoms with Crippen molar-refractivity contribution in [3.8, 4) is 0 Å². The van der Waals surface area contributed by atoms with Crippen molar-refractivity contribution in [3.05, 3.63) is 18.6 Å². The summed E-state index contributed by atoms with van der Waals surface area (Å²) in [5.41, 5.74) is 3.54. The number of rotatable bonds is 3. The van der Waals surface area contributed by atoms with Gasteiger partial charge in [-0.1, -0.05) is 13.8 Å². The summed E-state index contributed by atoms with van der Waals surface area (Å²) >= 11 is 0. The third-order valence-electron chi connectivity index (χ3n) is 4.52. The molecule has 0 radical (unpaired) electrons. The molecule has 2 aromatic rings. The number of hydrogen-bond acceptors (Lipinski definition) is 5. The molecule has 0 saturated carbocycles. The molecule has 0 bridgehead atoms. The van der Waals surface area contributed by atoms with Gasteiger partial charge in [0.2, 0.25) is 0 Å². The van der Waals surface area contributed by atoms with E-state index in [-0.39, 0.29) is 0 Å². The number of nitrogens with zero attached hydrogens (tertiary/aromatic N) is 4. The minimum absolute atomic E-state index is 0.667. The number of fused-ring (bicyclic) bond motifs is 1. The fraction of sp³-hybridized carbons (Fsp3) is 0.600. The van der Waals surface area contributed by atoms with Gasteiger partial charge in [-0.15, -0.1) is 0 Å². The van der Waals surface area contributed by atoms with Gasteiger partial charge in [0.15, 0.2) is 17.3 Å². The second kappa shape index (κ2) is 5.89. The lowest BCUT2D eigenvalue weighted by Gasteiger charge is -2.23. The van der Waals surface area contributed by atoms with Gasteiger partial charge in [0.1, 0.15) is 0 Å². The molecular formula is C15H24N6. The Kier molecular flexibility index (Phi) is 3.96. The molecule has 6 heteroatoms. The van der Waals surface area contributed by atoms with Crippen LogP contribution in [-0.2, 0) is 0 Å². The molecule has 2 aromatic heterocycles. The smallest absolute Gasteiger partial charge is 0.180 e. The van der Waals surface area contributed by atoms with Crippen LogP contribution < -0.4 is 16.2 Å². The zero-order valence-corrected chi connectivity index (χ0v) is 12.8. The van der Waals surface area contributed by atoms with Gasteiger partial charge in [-0.2, -0.15) is 0 Å². The Morgan fingerprint density at radius 3 is 2.95 bits per heavy atom. The second-order valence-electron chi connectivity index (χ2n) is 6.17. The monoisotopic (exact) mass is 288 g/mol. The Labute approximate surface area is 125 Å². The molecule has 1 fully saturated rings. The fourth-order valence-corrected chi connectivity index (χ4v) is 3.20. The van der Waals surface area contributed by atoms with Crippen LogP contribution in [0.3, 0.4) is 0 Å². The summed E-state index contributed by atoms with van der Waals surface area (Å²) in [5, 5.41) is 0. The van der Waals surface area contributed by atoms with Crippen molar-refractivity contribution < 1.29 is 0 Å². The summed E-state index contributed by atoms with van der Waals surface area (Å²) in [4.78, 5) is 11.4. The van der Waals surface area contributed by atoms with Crippen LogP contribution in [0.5, 0.6) is 0 Å². The summed E-state index contributed by atoms with van der Waals surface area (Å²) in [6.45, 7) is 6.72. The number of hydrogen-bond donors (Lipinski definition) is 2. The molecule has 114 valence electrons. The summed E-state index contributed by atoms with van der Waals surface area (Å²) in [7, 11) is 0. The minimum atomic E-state index is 0.667. The molecule has 0 amide bonds. The topological polar surface area (TPSA) is 71.5 Å². The standard InChI is InChI=1S/C15H24N6/c1-11(2)12-4-3-7-20(8-5-12)15-14-17-6-9-21(14)10-13(18-15)19-16/h6,9-12,19H,3-5,7-8,16H2,1-2H3. The molecule has 0 aliphatic carbocycles. The first kappa shape index (κ1) is 14.1. The van der Waals surface area contributed by atoms with Crippen LogP contribution in [0.15, 0.2) is 18.6 Å². The molecule has 21 heavy (non-hydrogen) atoms. The number of anilines is 2. The molecule has 1 atom stereocenters. The normalized spacial score (nSPS) is 20.0. The van der Waals surface area contributed by atoms with E-state index in [1.165, 1.54) is 19.3 Å². The maximum atomic E-state index is 5.54. The van der Waals surface area contributed by atoms with Crippen molar-refractivity contribution in [2.45, 2.75) is 33.1 Å². The first-order valence-corrected chi connectivity index (χ1v) is 7.74. The summed E-state index contributed by atoms with van der Waals surface area (Å²) in [6.07, 6.45) is 9.31. The van der Waals surface area contributed by atoms with Gasteiger partial charge in [-0.05, 0) is 31.1 Å². The number of imidazole rings is 1. The third kappa shape index (κ3) is 2.81. The minimum Gasteiger partial charge on any atom is -0.353 e. The molecule has 1 saturated heterocycles. The maximum absolute atomic E-state index is 5.54. The molecule has 0 aromatic carbocycles. The number of hydrazine groups is 1. The first-order valence-electron chi connectivity index (χ1n) is 7.74. The Hall–Kier alpha value is -1.82. The predicted molar refractivity (Wildman–Crippen MR) is 85.2 cm³/mol. The number of nitrogens with one attached hydrogen (secondary N) is 1. The number of nitrogen functional groups attached to an aromatic ring is 1. The Bertz CT molecular complexity index is 605. The summed E-state index contributed by atoms with van der Waals surface area (Å²) in [5.74, 6) is 8.69. The Morgan fingerprint density at radius 2 is 2.19 bits per heavy atom. The molecular weight excluding hydrogens is 264 g/mol. The molecule has 0 spiro atoms. The van der Waals surface area contributed by atoms with Gasteiger partial charge in [-0.3, -0.25) is 0 Å². The van der Waals surface area contributed by atoms with E-state index in [0.717, 1.165) is 36.4 Å². The Balaban J connectivity index is 1.90. The van der Waals surface area contributed by atoms with E-state index in [0.29, 0.717) is 5.82 Å². The van der Waals surface area contributed by atoms with Crippen LogP contribution in [0.4, 0.5) is 11.6 Å². The van der Waals surface area contributed by atoms with Crippen molar-refractivity contribution in [3.63, 3.8) is 0 Å². The van der Waals surface area contributed by atoms with E-state index in [2.05, 4.69) is 34.1 Å². The van der Waals surface area contributed by atoms with Crippen LogP contribution in [0.1, 0.15) is 33.1 Å². The van der Waals surface area contributed by atoms with E-state index in [9.17, 15) is 0 Å². The van der Waals surface area contributed by atoms with Crippen LogP contribution in [0, 0.1) is 11.8 Å². The Morgan fingerprint density at radius 1 is 1.33 bits per heavy atom. The molecule has 3 N–H and O–H groups in total. The van der Waals surface area contributed by atoms with E-state index in [1.807, 2.05) is 16.8 Å². The van der Waals surface area contributed by atoms with Gasteiger partial charge in [0.25, 0.3) is 0 Å². The first-order chi connectivity index (χ1) is 10.2. The van der Waals surface area contributed by atoms with Crippen molar-refractivity contribution in [1.82, 2.24) is 14.4 Å². The summed E-state index contributed by atoms with van der Waals surface area (Å²) < 4.78 is 1.97. The molecule has 6 nitrogen and oxygen atoms in total. The zero-order chi connectivity index (χ0) is 14.8. The SMILES string of the molecule is CC(C)C1CCCN(c2nc(NN)cn3ccnc23)CC1. The lowest BCUT2D eigenvalue weighted by atomic mass is 9.89. The second-order valence-corrected chi connectivity index (χ2v) is 6.17. The van der Waals surface area contributed by atoms with Crippen molar-refractivity contribution in [2.75, 3.05) is 23.4 Å². The van der Waals surface area contributed by atoms with Gasteiger partial charge in [0.05, 0.1) is 6.20 Å². The van der Waals surface area contributed by atoms with Crippen LogP contribution >= 0.6 is 0 Å². The van der Waals surface area contributed by atoms with E-state index in [1.54, 1.807) is 6.20 Å².